The summed E-state index contributed by atoms with van der Waals surface area (Å²) >= 11 is 0. The van der Waals surface area contributed by atoms with E-state index in [1.807, 2.05) is 0 Å². The summed E-state index contributed by atoms with van der Waals surface area (Å²) in [6, 6.07) is 1.80. The van der Waals surface area contributed by atoms with Crippen molar-refractivity contribution < 1.29 is 14.6 Å². The van der Waals surface area contributed by atoms with Crippen LogP contribution in [-0.4, -0.2) is 53.2 Å². The highest BCUT2D eigenvalue weighted by Crippen LogP contribution is 1.89. The molecule has 0 aliphatic carbocycles. The average molecular weight is 242 g/mol. The molecular weight excluding hydrogens is 224 g/mol. The van der Waals surface area contributed by atoms with E-state index in [9.17, 15) is 9.90 Å². The molecule has 1 heterocycles. The van der Waals surface area contributed by atoms with Crippen molar-refractivity contribution in [2.24, 2.45) is 5.73 Å². The molecule has 1 rings (SSSR count). The first kappa shape index (κ1) is 13.6. The van der Waals surface area contributed by atoms with Crippen LogP contribution in [0.5, 0.6) is 0 Å². The number of hydrogen-bond donors (Lipinski definition) is 3. The van der Waals surface area contributed by atoms with Crippen molar-refractivity contribution in [3.8, 4) is 0 Å². The number of rotatable bonds is 9. The van der Waals surface area contributed by atoms with Crippen LogP contribution >= 0.6 is 0 Å². The first-order valence-corrected chi connectivity index (χ1v) is 5.40. The Labute approximate surface area is 99.6 Å². The monoisotopic (exact) mass is 242 g/mol. The summed E-state index contributed by atoms with van der Waals surface area (Å²) in [5, 5.41) is 16.6. The minimum Gasteiger partial charge on any atom is -0.390 e. The third kappa shape index (κ3) is 6.67. The topological polar surface area (TPSA) is 102 Å². The highest BCUT2D eigenvalue weighted by molar-refractivity contribution is 5.74. The molecule has 0 saturated heterocycles. The summed E-state index contributed by atoms with van der Waals surface area (Å²) in [6.45, 7) is 1.76. The van der Waals surface area contributed by atoms with Gasteiger partial charge in [0, 0.05) is 25.5 Å². The molecule has 0 fully saturated rings. The van der Waals surface area contributed by atoms with E-state index in [-0.39, 0.29) is 6.61 Å². The van der Waals surface area contributed by atoms with E-state index >= 15 is 0 Å². The molecule has 1 unspecified atom stereocenters. The number of aliphatic hydroxyl groups excluding tert-OH is 1. The van der Waals surface area contributed by atoms with Gasteiger partial charge in [0.25, 0.3) is 0 Å². The first-order chi connectivity index (χ1) is 8.18. The maximum Gasteiger partial charge on any atom is 0.243 e. The van der Waals surface area contributed by atoms with Crippen molar-refractivity contribution in [3.63, 3.8) is 0 Å². The molecule has 1 amide bonds. The molecule has 1 aromatic rings. The molecule has 0 bridgehead atoms. The lowest BCUT2D eigenvalue weighted by Gasteiger charge is -2.11. The molecule has 0 aliphatic rings. The summed E-state index contributed by atoms with van der Waals surface area (Å²) in [5.41, 5.74) is 4.90. The van der Waals surface area contributed by atoms with Crippen LogP contribution in [0.25, 0.3) is 0 Å². The second kappa shape index (κ2) is 7.77. The highest BCUT2D eigenvalue weighted by Gasteiger charge is 2.04. The highest BCUT2D eigenvalue weighted by atomic mass is 16.5. The number of carbonyl (C=O) groups is 1. The Morgan fingerprint density at radius 1 is 1.65 bits per heavy atom. The number of primary amides is 1. The number of aliphatic hydroxyl groups is 1. The van der Waals surface area contributed by atoms with E-state index in [1.54, 1.807) is 23.1 Å². The Morgan fingerprint density at radius 2 is 2.47 bits per heavy atom. The van der Waals surface area contributed by atoms with Crippen LogP contribution in [-0.2, 0) is 16.1 Å². The number of hydrogen-bond acceptors (Lipinski definition) is 5. The minimum atomic E-state index is -0.508. The van der Waals surface area contributed by atoms with Gasteiger partial charge in [-0.2, -0.15) is 5.10 Å². The van der Waals surface area contributed by atoms with Crippen LogP contribution in [0, 0.1) is 0 Å². The van der Waals surface area contributed by atoms with Crippen LogP contribution in [0.1, 0.15) is 0 Å². The normalized spacial score (nSPS) is 12.5. The van der Waals surface area contributed by atoms with E-state index in [0.29, 0.717) is 26.2 Å². The zero-order valence-corrected chi connectivity index (χ0v) is 9.58. The molecular formula is C10H18N4O3. The van der Waals surface area contributed by atoms with E-state index in [1.165, 1.54) is 0 Å². The molecule has 1 atom stereocenters. The predicted octanol–water partition coefficient (Wildman–Crippen LogP) is -1.66. The van der Waals surface area contributed by atoms with E-state index in [2.05, 4.69) is 10.4 Å². The van der Waals surface area contributed by atoms with Crippen molar-refractivity contribution in [1.82, 2.24) is 15.1 Å². The standard InChI is InChI=1S/C10H18N4O3/c11-10(16)8-17-5-3-12-6-9(15)7-14-4-1-2-13-14/h1-2,4,9,12,15H,3,5-8H2,(H2,11,16). The minimum absolute atomic E-state index is 0.0719. The molecule has 0 aromatic carbocycles. The molecule has 7 nitrogen and oxygen atoms in total. The van der Waals surface area contributed by atoms with Crippen LogP contribution < -0.4 is 11.1 Å². The quantitative estimate of drug-likeness (QED) is 0.450. The third-order valence-corrected chi connectivity index (χ3v) is 2.00. The zero-order valence-electron chi connectivity index (χ0n) is 9.58. The van der Waals surface area contributed by atoms with E-state index in [0.717, 1.165) is 0 Å². The molecule has 96 valence electrons. The molecule has 1 aromatic heterocycles. The molecule has 0 aliphatic heterocycles. The number of nitrogens with zero attached hydrogens (tertiary/aromatic N) is 2. The van der Waals surface area contributed by atoms with E-state index < -0.39 is 12.0 Å². The number of amides is 1. The number of carbonyl (C=O) groups excluding carboxylic acids is 1. The Bertz CT molecular complexity index is 315. The molecule has 17 heavy (non-hydrogen) atoms. The molecule has 0 radical (unpaired) electrons. The van der Waals surface area contributed by atoms with Gasteiger partial charge in [-0.15, -0.1) is 0 Å². The number of nitrogens with two attached hydrogens (primary N) is 1. The summed E-state index contributed by atoms with van der Waals surface area (Å²) in [6.07, 6.45) is 2.95. The van der Waals surface area contributed by atoms with Crippen LogP contribution in [0.3, 0.4) is 0 Å². The maximum absolute atomic E-state index is 10.3. The van der Waals surface area contributed by atoms with Crippen LogP contribution in [0.15, 0.2) is 18.5 Å². The lowest BCUT2D eigenvalue weighted by molar-refractivity contribution is -0.122. The van der Waals surface area contributed by atoms with Gasteiger partial charge in [-0.3, -0.25) is 9.48 Å². The lowest BCUT2D eigenvalue weighted by atomic mass is 10.3. The zero-order chi connectivity index (χ0) is 12.5. The average Bonchev–Trinajstić information content (AvgIpc) is 2.75. The third-order valence-electron chi connectivity index (χ3n) is 2.00. The predicted molar refractivity (Wildman–Crippen MR) is 61.1 cm³/mol. The summed E-state index contributed by atoms with van der Waals surface area (Å²) in [4.78, 5) is 10.3. The van der Waals surface area contributed by atoms with Gasteiger partial charge in [-0.1, -0.05) is 0 Å². The van der Waals surface area contributed by atoms with Gasteiger partial charge in [0.1, 0.15) is 6.61 Å². The SMILES string of the molecule is NC(=O)COCCNCC(O)Cn1cccn1. The Morgan fingerprint density at radius 3 is 3.12 bits per heavy atom. The van der Waals surface area contributed by atoms with Gasteiger partial charge in [0.15, 0.2) is 0 Å². The fraction of sp³-hybridized carbons (Fsp3) is 0.600. The molecule has 0 saturated carbocycles. The summed E-state index contributed by atoms with van der Waals surface area (Å²) in [7, 11) is 0. The lowest BCUT2D eigenvalue weighted by Crippen LogP contribution is -2.33. The van der Waals surface area contributed by atoms with Gasteiger partial charge >= 0.3 is 0 Å². The smallest absolute Gasteiger partial charge is 0.243 e. The van der Waals surface area contributed by atoms with Crippen molar-refractivity contribution in [2.75, 3.05) is 26.3 Å². The fourth-order valence-corrected chi connectivity index (χ4v) is 1.27. The molecule has 0 spiro atoms. The van der Waals surface area contributed by atoms with E-state index in [4.69, 9.17) is 10.5 Å². The Hall–Kier alpha value is -1.44. The van der Waals surface area contributed by atoms with Crippen molar-refractivity contribution in [3.05, 3.63) is 18.5 Å². The van der Waals surface area contributed by atoms with Crippen molar-refractivity contribution in [1.29, 1.82) is 0 Å². The van der Waals surface area contributed by atoms with Gasteiger partial charge in [0.2, 0.25) is 5.91 Å². The van der Waals surface area contributed by atoms with Gasteiger partial charge < -0.3 is 20.9 Å². The van der Waals surface area contributed by atoms with Crippen molar-refractivity contribution >= 4 is 5.91 Å². The fourth-order valence-electron chi connectivity index (χ4n) is 1.27. The molecule has 4 N–H and O–H groups in total. The van der Waals surface area contributed by atoms with Crippen LogP contribution in [0.2, 0.25) is 0 Å². The Kier molecular flexibility index (Phi) is 6.23. The largest absolute Gasteiger partial charge is 0.390 e. The first-order valence-electron chi connectivity index (χ1n) is 5.40. The van der Waals surface area contributed by atoms with Crippen LogP contribution in [0.4, 0.5) is 0 Å². The number of nitrogens with one attached hydrogen (secondary N) is 1. The second-order valence-corrected chi connectivity index (χ2v) is 3.60. The van der Waals surface area contributed by atoms with Gasteiger partial charge in [-0.25, -0.2) is 0 Å². The van der Waals surface area contributed by atoms with Gasteiger partial charge in [0.05, 0.1) is 19.3 Å². The van der Waals surface area contributed by atoms with Crippen molar-refractivity contribution in [2.45, 2.75) is 12.6 Å². The number of ether oxygens (including phenoxy) is 1. The molecule has 7 heteroatoms. The maximum atomic E-state index is 10.3. The Balaban J connectivity index is 1.97. The summed E-state index contributed by atoms with van der Waals surface area (Å²) in [5.74, 6) is -0.483. The number of aromatic nitrogens is 2. The summed E-state index contributed by atoms with van der Waals surface area (Å²) < 4.78 is 6.61. The van der Waals surface area contributed by atoms with Gasteiger partial charge in [-0.05, 0) is 6.07 Å². The second-order valence-electron chi connectivity index (χ2n) is 3.60.